The van der Waals surface area contributed by atoms with E-state index >= 15 is 0 Å². The van der Waals surface area contributed by atoms with E-state index in [2.05, 4.69) is 15.4 Å². The lowest BCUT2D eigenvalue weighted by atomic mass is 9.94. The topological polar surface area (TPSA) is 85.8 Å². The molecule has 4 rings (SSSR count). The Morgan fingerprint density at radius 1 is 1.42 bits per heavy atom. The number of primary amides is 1. The molecule has 0 radical (unpaired) electrons. The van der Waals surface area contributed by atoms with Crippen LogP contribution < -0.4 is 11.1 Å². The van der Waals surface area contributed by atoms with Gasteiger partial charge in [-0.25, -0.2) is 0 Å². The number of rotatable bonds is 5. The molecule has 134 valence electrons. The van der Waals surface area contributed by atoms with Gasteiger partial charge in [-0.3, -0.25) is 14.5 Å². The van der Waals surface area contributed by atoms with Crippen LogP contribution in [0.25, 0.3) is 10.9 Å². The number of nitrogens with zero attached hydrogens (tertiary/aromatic N) is 3. The SMILES string of the molecule is NC(=O)c1cnn2c1C[C@@H](CNCc1cc(Cl)cc3cccnc13)CC2. The predicted molar refractivity (Wildman–Crippen MR) is 101 cm³/mol. The molecule has 0 saturated carbocycles. The number of halogens is 1. The third kappa shape index (κ3) is 3.30. The molecule has 1 aromatic carbocycles. The molecule has 1 aliphatic rings. The van der Waals surface area contributed by atoms with Crippen LogP contribution in [0.5, 0.6) is 0 Å². The number of benzene rings is 1. The summed E-state index contributed by atoms with van der Waals surface area (Å²) in [6.45, 7) is 2.37. The van der Waals surface area contributed by atoms with Crippen molar-refractivity contribution in [2.75, 3.05) is 6.54 Å². The van der Waals surface area contributed by atoms with Gasteiger partial charge in [-0.05, 0) is 49.1 Å². The summed E-state index contributed by atoms with van der Waals surface area (Å²) in [6, 6.07) is 7.83. The van der Waals surface area contributed by atoms with Crippen LogP contribution in [-0.2, 0) is 19.5 Å². The highest BCUT2D eigenvalue weighted by molar-refractivity contribution is 6.31. The third-order valence-electron chi connectivity index (χ3n) is 4.94. The quantitative estimate of drug-likeness (QED) is 0.723. The molecule has 3 heterocycles. The van der Waals surface area contributed by atoms with E-state index in [-0.39, 0.29) is 0 Å². The van der Waals surface area contributed by atoms with Crippen LogP contribution in [0.15, 0.2) is 36.7 Å². The van der Waals surface area contributed by atoms with Gasteiger partial charge in [0.1, 0.15) is 0 Å². The molecule has 3 N–H and O–H groups in total. The molecule has 0 saturated heterocycles. The number of hydrogen-bond donors (Lipinski definition) is 2. The summed E-state index contributed by atoms with van der Waals surface area (Å²) in [5.74, 6) is 0.0343. The molecule has 0 unspecified atom stereocenters. The molecule has 26 heavy (non-hydrogen) atoms. The number of carbonyl (C=O) groups excluding carboxylic acids is 1. The minimum Gasteiger partial charge on any atom is -0.365 e. The average Bonchev–Trinajstić information content (AvgIpc) is 3.05. The average molecular weight is 370 g/mol. The first-order valence-electron chi connectivity index (χ1n) is 8.70. The lowest BCUT2D eigenvalue weighted by molar-refractivity contribution is 0.0998. The maximum atomic E-state index is 11.5. The second kappa shape index (κ2) is 7.05. The van der Waals surface area contributed by atoms with Crippen molar-refractivity contribution in [1.82, 2.24) is 20.1 Å². The smallest absolute Gasteiger partial charge is 0.252 e. The van der Waals surface area contributed by atoms with E-state index in [9.17, 15) is 4.79 Å². The highest BCUT2D eigenvalue weighted by Crippen LogP contribution is 2.24. The van der Waals surface area contributed by atoms with Crippen LogP contribution in [0, 0.1) is 5.92 Å². The van der Waals surface area contributed by atoms with Gasteiger partial charge in [0.05, 0.1) is 23.0 Å². The van der Waals surface area contributed by atoms with Crippen molar-refractivity contribution in [3.8, 4) is 0 Å². The summed E-state index contributed by atoms with van der Waals surface area (Å²) in [4.78, 5) is 16.0. The maximum absolute atomic E-state index is 11.5. The highest BCUT2D eigenvalue weighted by Gasteiger charge is 2.24. The zero-order valence-corrected chi connectivity index (χ0v) is 15.0. The van der Waals surface area contributed by atoms with Gasteiger partial charge in [0.15, 0.2) is 0 Å². The fourth-order valence-corrected chi connectivity index (χ4v) is 3.90. The van der Waals surface area contributed by atoms with Crippen LogP contribution in [0.4, 0.5) is 0 Å². The Morgan fingerprint density at radius 2 is 2.31 bits per heavy atom. The summed E-state index contributed by atoms with van der Waals surface area (Å²) in [6.07, 6.45) is 5.21. The molecular weight excluding hydrogens is 350 g/mol. The largest absolute Gasteiger partial charge is 0.365 e. The van der Waals surface area contributed by atoms with Gasteiger partial charge in [-0.2, -0.15) is 5.10 Å². The van der Waals surface area contributed by atoms with E-state index < -0.39 is 5.91 Å². The molecular formula is C19H20ClN5O. The molecule has 1 atom stereocenters. The number of nitrogens with two attached hydrogens (primary N) is 1. The second-order valence-corrected chi connectivity index (χ2v) is 7.16. The van der Waals surface area contributed by atoms with E-state index in [4.69, 9.17) is 17.3 Å². The van der Waals surface area contributed by atoms with E-state index in [0.29, 0.717) is 18.0 Å². The molecule has 6 nitrogen and oxygen atoms in total. The van der Waals surface area contributed by atoms with Gasteiger partial charge in [-0.15, -0.1) is 0 Å². The van der Waals surface area contributed by atoms with Crippen molar-refractivity contribution in [3.05, 3.63) is 58.5 Å². The zero-order chi connectivity index (χ0) is 18.1. The number of nitrogens with one attached hydrogen (secondary N) is 1. The monoisotopic (exact) mass is 369 g/mol. The minimum atomic E-state index is -0.406. The van der Waals surface area contributed by atoms with E-state index in [1.54, 1.807) is 12.4 Å². The molecule has 0 spiro atoms. The normalized spacial score (nSPS) is 16.6. The fraction of sp³-hybridized carbons (Fsp3) is 0.316. The van der Waals surface area contributed by atoms with Crippen molar-refractivity contribution < 1.29 is 4.79 Å². The fourth-order valence-electron chi connectivity index (χ4n) is 3.65. The van der Waals surface area contributed by atoms with Crippen molar-refractivity contribution in [2.24, 2.45) is 11.7 Å². The first kappa shape index (κ1) is 17.0. The molecule has 2 aromatic heterocycles. The van der Waals surface area contributed by atoms with Crippen LogP contribution in [-0.4, -0.2) is 27.2 Å². The number of carbonyl (C=O) groups is 1. The summed E-state index contributed by atoms with van der Waals surface area (Å²) >= 11 is 6.23. The first-order valence-corrected chi connectivity index (χ1v) is 9.08. The number of aromatic nitrogens is 3. The van der Waals surface area contributed by atoms with Gasteiger partial charge in [0, 0.05) is 29.7 Å². The third-order valence-corrected chi connectivity index (χ3v) is 5.16. The number of amides is 1. The number of pyridine rings is 1. The highest BCUT2D eigenvalue weighted by atomic mass is 35.5. The van der Waals surface area contributed by atoms with E-state index in [1.807, 2.05) is 28.9 Å². The van der Waals surface area contributed by atoms with Crippen molar-refractivity contribution >= 4 is 28.4 Å². The van der Waals surface area contributed by atoms with Gasteiger partial charge in [0.2, 0.25) is 0 Å². The number of fused-ring (bicyclic) bond motifs is 2. The molecule has 0 aliphatic carbocycles. The van der Waals surface area contributed by atoms with E-state index in [1.165, 1.54) is 0 Å². The van der Waals surface area contributed by atoms with Crippen molar-refractivity contribution in [2.45, 2.75) is 25.9 Å². The van der Waals surface area contributed by atoms with Gasteiger partial charge >= 0.3 is 0 Å². The predicted octanol–water partition coefficient (Wildman–Crippen LogP) is 2.54. The molecule has 1 amide bonds. The first-order chi connectivity index (χ1) is 12.6. The van der Waals surface area contributed by atoms with Crippen LogP contribution in [0.2, 0.25) is 5.02 Å². The second-order valence-electron chi connectivity index (χ2n) is 6.72. The summed E-state index contributed by atoms with van der Waals surface area (Å²) < 4.78 is 1.89. The minimum absolute atomic E-state index is 0.406. The van der Waals surface area contributed by atoms with E-state index in [0.717, 1.165) is 53.1 Å². The number of hydrogen-bond acceptors (Lipinski definition) is 4. The molecule has 0 bridgehead atoms. The van der Waals surface area contributed by atoms with Crippen LogP contribution in [0.3, 0.4) is 0 Å². The number of aryl methyl sites for hydroxylation is 1. The lowest BCUT2D eigenvalue weighted by Gasteiger charge is -2.24. The molecule has 3 aromatic rings. The summed E-state index contributed by atoms with van der Waals surface area (Å²) in [5, 5.41) is 9.54. The molecule has 1 aliphatic heterocycles. The van der Waals surface area contributed by atoms with Crippen molar-refractivity contribution in [1.29, 1.82) is 0 Å². The Labute approximate surface area is 156 Å². The van der Waals surface area contributed by atoms with Crippen LogP contribution in [0.1, 0.15) is 28.0 Å². The summed E-state index contributed by atoms with van der Waals surface area (Å²) in [5.41, 5.74) is 9.00. The van der Waals surface area contributed by atoms with Gasteiger partial charge in [-0.1, -0.05) is 17.7 Å². The zero-order valence-electron chi connectivity index (χ0n) is 14.3. The van der Waals surface area contributed by atoms with Gasteiger partial charge in [0.25, 0.3) is 5.91 Å². The lowest BCUT2D eigenvalue weighted by Crippen LogP contribution is -2.30. The summed E-state index contributed by atoms with van der Waals surface area (Å²) in [7, 11) is 0. The Bertz CT molecular complexity index is 968. The Morgan fingerprint density at radius 3 is 3.15 bits per heavy atom. The molecule has 7 heteroatoms. The Kier molecular flexibility index (Phi) is 4.61. The Hall–Kier alpha value is -2.44. The maximum Gasteiger partial charge on any atom is 0.252 e. The van der Waals surface area contributed by atoms with Gasteiger partial charge < -0.3 is 11.1 Å². The standard InChI is InChI=1S/C19H20ClN5O/c20-15-7-13-2-1-4-23-18(13)14(8-15)10-22-9-12-3-5-25-17(6-12)16(11-24-25)19(21)26/h1-2,4,7-8,11-12,22H,3,5-6,9-10H2,(H2,21,26)/t12-/m0/s1. The van der Waals surface area contributed by atoms with Crippen molar-refractivity contribution in [3.63, 3.8) is 0 Å². The molecule has 0 fully saturated rings. The van der Waals surface area contributed by atoms with Crippen LogP contribution >= 0.6 is 11.6 Å². The Balaban J connectivity index is 1.43.